The summed E-state index contributed by atoms with van der Waals surface area (Å²) in [6.07, 6.45) is 5.72. The van der Waals surface area contributed by atoms with Gasteiger partial charge in [-0.15, -0.1) is 0 Å². The molecule has 1 fully saturated rings. The van der Waals surface area contributed by atoms with Crippen molar-refractivity contribution in [3.63, 3.8) is 0 Å². The predicted octanol–water partition coefficient (Wildman–Crippen LogP) is 4.19. The SMILES string of the molecule is Cc1cc(NC(=O)NC(Cc2ccccc2)C(=O)NC2CC2)ccc1Oc1cccnc1. The van der Waals surface area contributed by atoms with E-state index in [1.807, 2.05) is 49.4 Å². The Morgan fingerprint density at radius 2 is 1.91 bits per heavy atom. The van der Waals surface area contributed by atoms with Crippen LogP contribution in [0, 0.1) is 6.92 Å². The molecule has 1 unspecified atom stereocenters. The van der Waals surface area contributed by atoms with E-state index in [1.54, 1.807) is 30.6 Å². The van der Waals surface area contributed by atoms with Crippen molar-refractivity contribution in [2.24, 2.45) is 0 Å². The quantitative estimate of drug-likeness (QED) is 0.500. The summed E-state index contributed by atoms with van der Waals surface area (Å²) in [5, 5.41) is 8.62. The molecule has 32 heavy (non-hydrogen) atoms. The molecule has 7 nitrogen and oxygen atoms in total. The van der Waals surface area contributed by atoms with Crippen LogP contribution in [0.1, 0.15) is 24.0 Å². The summed E-state index contributed by atoms with van der Waals surface area (Å²) in [6, 6.07) is 17.8. The monoisotopic (exact) mass is 430 g/mol. The van der Waals surface area contributed by atoms with Crippen LogP contribution < -0.4 is 20.7 Å². The van der Waals surface area contributed by atoms with Crippen molar-refractivity contribution in [3.05, 3.63) is 84.2 Å². The molecule has 1 saturated carbocycles. The highest BCUT2D eigenvalue weighted by Crippen LogP contribution is 2.26. The lowest BCUT2D eigenvalue weighted by Crippen LogP contribution is -2.49. The summed E-state index contributed by atoms with van der Waals surface area (Å²) in [6.45, 7) is 1.90. The van der Waals surface area contributed by atoms with Crippen LogP contribution in [0.2, 0.25) is 0 Å². The first-order valence-corrected chi connectivity index (χ1v) is 10.7. The van der Waals surface area contributed by atoms with E-state index in [9.17, 15) is 9.59 Å². The van der Waals surface area contributed by atoms with Crippen molar-refractivity contribution in [2.45, 2.75) is 38.3 Å². The number of urea groups is 1. The molecule has 3 amide bonds. The molecule has 0 radical (unpaired) electrons. The normalized spacial score (nSPS) is 13.7. The third-order valence-corrected chi connectivity index (χ3v) is 5.12. The molecule has 1 heterocycles. The van der Waals surface area contributed by atoms with Gasteiger partial charge in [-0.25, -0.2) is 4.79 Å². The first kappa shape index (κ1) is 21.4. The minimum atomic E-state index is -0.660. The molecule has 1 atom stereocenters. The van der Waals surface area contributed by atoms with E-state index in [0.717, 1.165) is 24.0 Å². The van der Waals surface area contributed by atoms with Gasteiger partial charge in [0.05, 0.1) is 6.20 Å². The molecule has 0 bridgehead atoms. The lowest BCUT2D eigenvalue weighted by atomic mass is 10.1. The van der Waals surface area contributed by atoms with Crippen LogP contribution >= 0.6 is 0 Å². The van der Waals surface area contributed by atoms with Crippen LogP contribution in [-0.4, -0.2) is 29.0 Å². The predicted molar refractivity (Wildman–Crippen MR) is 123 cm³/mol. The summed E-state index contributed by atoms with van der Waals surface area (Å²) in [4.78, 5) is 29.4. The van der Waals surface area contributed by atoms with Gasteiger partial charge in [0.15, 0.2) is 0 Å². The summed E-state index contributed by atoms with van der Waals surface area (Å²) in [5.41, 5.74) is 2.45. The second-order valence-electron chi connectivity index (χ2n) is 7.89. The Kier molecular flexibility index (Phi) is 6.65. The molecule has 4 rings (SSSR count). The van der Waals surface area contributed by atoms with Crippen LogP contribution in [-0.2, 0) is 11.2 Å². The molecule has 2 aromatic carbocycles. The third-order valence-electron chi connectivity index (χ3n) is 5.12. The van der Waals surface area contributed by atoms with Crippen molar-refractivity contribution in [1.82, 2.24) is 15.6 Å². The zero-order valence-corrected chi connectivity index (χ0v) is 17.9. The number of nitrogens with one attached hydrogen (secondary N) is 3. The van der Waals surface area contributed by atoms with Crippen LogP contribution in [0.15, 0.2) is 73.1 Å². The number of anilines is 1. The minimum Gasteiger partial charge on any atom is -0.455 e. The largest absolute Gasteiger partial charge is 0.455 e. The summed E-state index contributed by atoms with van der Waals surface area (Å²) < 4.78 is 5.83. The Bertz CT molecular complexity index is 1070. The average molecular weight is 431 g/mol. The maximum atomic E-state index is 12.7. The molecular weight excluding hydrogens is 404 g/mol. The Balaban J connectivity index is 1.39. The van der Waals surface area contributed by atoms with E-state index in [0.29, 0.717) is 23.6 Å². The highest BCUT2D eigenvalue weighted by atomic mass is 16.5. The molecular formula is C25H26N4O3. The number of ether oxygens (including phenoxy) is 1. The number of aryl methyl sites for hydroxylation is 1. The molecule has 1 aromatic heterocycles. The number of hydrogen-bond donors (Lipinski definition) is 3. The molecule has 3 aromatic rings. The average Bonchev–Trinajstić information content (AvgIpc) is 3.60. The van der Waals surface area contributed by atoms with Gasteiger partial charge >= 0.3 is 6.03 Å². The lowest BCUT2D eigenvalue weighted by molar-refractivity contribution is -0.123. The number of rotatable bonds is 8. The zero-order chi connectivity index (χ0) is 22.3. The van der Waals surface area contributed by atoms with E-state index in [4.69, 9.17) is 4.74 Å². The summed E-state index contributed by atoms with van der Waals surface area (Å²) in [5.74, 6) is 1.15. The number of benzene rings is 2. The smallest absolute Gasteiger partial charge is 0.319 e. The van der Waals surface area contributed by atoms with Crippen LogP contribution in [0.3, 0.4) is 0 Å². The fourth-order valence-corrected chi connectivity index (χ4v) is 3.29. The van der Waals surface area contributed by atoms with Crippen LogP contribution in [0.4, 0.5) is 10.5 Å². The number of hydrogen-bond acceptors (Lipinski definition) is 4. The summed E-state index contributed by atoms with van der Waals surface area (Å²) in [7, 11) is 0. The standard InChI is InChI=1S/C25H26N4O3/c1-17-14-20(11-12-23(17)32-21-8-5-13-26-16-21)28-25(31)29-22(24(30)27-19-9-10-19)15-18-6-3-2-4-7-18/h2-8,11-14,16,19,22H,9-10,15H2,1H3,(H,27,30)(H2,28,29,31). The van der Waals surface area contributed by atoms with E-state index < -0.39 is 12.1 Å². The Labute approximate surface area is 187 Å². The molecule has 0 saturated heterocycles. The Morgan fingerprint density at radius 1 is 1.09 bits per heavy atom. The van der Waals surface area contributed by atoms with Crippen molar-refractivity contribution >= 4 is 17.6 Å². The molecule has 3 N–H and O–H groups in total. The Morgan fingerprint density at radius 3 is 2.59 bits per heavy atom. The van der Waals surface area contributed by atoms with Gasteiger partial charge in [0.25, 0.3) is 0 Å². The fraction of sp³-hybridized carbons (Fsp3) is 0.240. The number of carbonyl (C=O) groups excluding carboxylic acids is 2. The van der Waals surface area contributed by atoms with Gasteiger partial charge in [-0.2, -0.15) is 0 Å². The maximum Gasteiger partial charge on any atom is 0.319 e. The highest BCUT2D eigenvalue weighted by molar-refractivity contribution is 5.94. The maximum absolute atomic E-state index is 12.7. The van der Waals surface area contributed by atoms with Gasteiger partial charge in [0, 0.05) is 24.3 Å². The summed E-state index contributed by atoms with van der Waals surface area (Å²) >= 11 is 0. The van der Waals surface area contributed by atoms with E-state index in [-0.39, 0.29) is 11.9 Å². The second-order valence-corrected chi connectivity index (χ2v) is 7.89. The van der Waals surface area contributed by atoms with Crippen molar-refractivity contribution in [2.75, 3.05) is 5.32 Å². The highest BCUT2D eigenvalue weighted by Gasteiger charge is 2.28. The first-order valence-electron chi connectivity index (χ1n) is 10.7. The van der Waals surface area contributed by atoms with Crippen LogP contribution in [0.5, 0.6) is 11.5 Å². The number of amides is 3. The second kappa shape index (κ2) is 9.96. The van der Waals surface area contributed by atoms with Gasteiger partial charge < -0.3 is 20.7 Å². The topological polar surface area (TPSA) is 92.4 Å². The molecule has 0 spiro atoms. The molecule has 0 aliphatic heterocycles. The molecule has 1 aliphatic carbocycles. The molecule has 164 valence electrons. The van der Waals surface area contributed by atoms with Crippen LogP contribution in [0.25, 0.3) is 0 Å². The van der Waals surface area contributed by atoms with E-state index in [1.165, 1.54) is 0 Å². The number of pyridine rings is 1. The fourth-order valence-electron chi connectivity index (χ4n) is 3.29. The van der Waals surface area contributed by atoms with E-state index >= 15 is 0 Å². The van der Waals surface area contributed by atoms with Gasteiger partial charge in [-0.05, 0) is 61.2 Å². The van der Waals surface area contributed by atoms with Gasteiger partial charge in [-0.1, -0.05) is 30.3 Å². The molecule has 1 aliphatic rings. The zero-order valence-electron chi connectivity index (χ0n) is 17.9. The lowest BCUT2D eigenvalue weighted by Gasteiger charge is -2.19. The van der Waals surface area contributed by atoms with Crippen molar-refractivity contribution < 1.29 is 14.3 Å². The minimum absolute atomic E-state index is 0.164. The number of aromatic nitrogens is 1. The molecule has 7 heteroatoms. The van der Waals surface area contributed by atoms with Gasteiger partial charge in [-0.3, -0.25) is 9.78 Å². The van der Waals surface area contributed by atoms with Gasteiger partial charge in [0.2, 0.25) is 5.91 Å². The van der Waals surface area contributed by atoms with Gasteiger partial charge in [0.1, 0.15) is 17.5 Å². The van der Waals surface area contributed by atoms with Crippen molar-refractivity contribution in [1.29, 1.82) is 0 Å². The Hall–Kier alpha value is -3.87. The number of nitrogens with zero attached hydrogens (tertiary/aromatic N) is 1. The number of carbonyl (C=O) groups is 2. The third kappa shape index (κ3) is 6.07. The first-order chi connectivity index (χ1) is 15.6. The van der Waals surface area contributed by atoms with Crippen molar-refractivity contribution in [3.8, 4) is 11.5 Å². The van der Waals surface area contributed by atoms with E-state index in [2.05, 4.69) is 20.9 Å².